The first-order valence-electron chi connectivity index (χ1n) is 9.72. The number of ether oxygens (including phenoxy) is 1. The fraction of sp³-hybridized carbons (Fsp3) is 0.318. The number of hydrogen-bond acceptors (Lipinski definition) is 5. The summed E-state index contributed by atoms with van der Waals surface area (Å²) >= 11 is 0. The van der Waals surface area contributed by atoms with E-state index in [1.165, 1.54) is 0 Å². The van der Waals surface area contributed by atoms with E-state index in [4.69, 9.17) is 10.3 Å². The molecule has 3 rings (SSSR count). The summed E-state index contributed by atoms with van der Waals surface area (Å²) < 4.78 is 6.93. The molecule has 0 fully saturated rings. The first-order chi connectivity index (χ1) is 14.5. The van der Waals surface area contributed by atoms with E-state index in [1.807, 2.05) is 43.3 Å². The number of nitrogens with zero attached hydrogens (tertiary/aromatic N) is 5. The van der Waals surface area contributed by atoms with Crippen molar-refractivity contribution in [2.75, 3.05) is 13.2 Å². The predicted molar refractivity (Wildman–Crippen MR) is 114 cm³/mol. The van der Waals surface area contributed by atoms with Gasteiger partial charge in [0.1, 0.15) is 5.69 Å². The Morgan fingerprint density at radius 1 is 1.23 bits per heavy atom. The molecule has 1 atom stereocenters. The van der Waals surface area contributed by atoms with Crippen molar-refractivity contribution >= 4 is 17.0 Å². The van der Waals surface area contributed by atoms with Crippen molar-refractivity contribution in [1.29, 1.82) is 0 Å². The van der Waals surface area contributed by atoms with E-state index in [1.54, 1.807) is 23.7 Å². The Morgan fingerprint density at radius 3 is 2.73 bits per heavy atom. The Morgan fingerprint density at radius 2 is 1.97 bits per heavy atom. The zero-order chi connectivity index (χ0) is 21.5. The second kappa shape index (κ2) is 9.71. The highest BCUT2D eigenvalue weighted by Gasteiger charge is 2.19. The molecular formula is C22H23N5O3. The van der Waals surface area contributed by atoms with Crippen molar-refractivity contribution in [3.8, 4) is 0 Å². The van der Waals surface area contributed by atoms with Crippen LogP contribution >= 0.6 is 0 Å². The molecule has 0 saturated heterocycles. The van der Waals surface area contributed by atoms with Gasteiger partial charge in [-0.3, -0.25) is 4.79 Å². The smallest absolute Gasteiger partial charge is 0.338 e. The van der Waals surface area contributed by atoms with E-state index < -0.39 is 0 Å². The number of fused-ring (bicyclic) bond motifs is 1. The number of azide groups is 1. The number of carbonyl (C=O) groups is 1. The van der Waals surface area contributed by atoms with Crippen LogP contribution in [0.2, 0.25) is 0 Å². The van der Waals surface area contributed by atoms with E-state index >= 15 is 0 Å². The normalized spacial score (nSPS) is 11.7. The Balaban J connectivity index is 1.73. The molecule has 30 heavy (non-hydrogen) atoms. The lowest BCUT2D eigenvalue weighted by Gasteiger charge is -2.16. The van der Waals surface area contributed by atoms with Gasteiger partial charge in [-0.1, -0.05) is 35.4 Å². The lowest BCUT2D eigenvalue weighted by atomic mass is 9.99. The molecule has 0 N–H and O–H groups in total. The maximum Gasteiger partial charge on any atom is 0.338 e. The Labute approximate surface area is 173 Å². The highest BCUT2D eigenvalue weighted by atomic mass is 16.5. The number of benzene rings is 2. The SMILES string of the molecule is Cc1ccccc1C(=O)OCCC[C@H](CN=[N+]=[N-])c1nc2ccccc2n(C)c1=O. The van der Waals surface area contributed by atoms with Gasteiger partial charge in [0.05, 0.1) is 23.2 Å². The molecule has 0 bridgehead atoms. The van der Waals surface area contributed by atoms with Gasteiger partial charge in [-0.25, -0.2) is 9.78 Å². The fourth-order valence-electron chi connectivity index (χ4n) is 3.39. The van der Waals surface area contributed by atoms with Gasteiger partial charge in [0.25, 0.3) is 5.56 Å². The van der Waals surface area contributed by atoms with Gasteiger partial charge in [0.2, 0.25) is 0 Å². The quantitative estimate of drug-likeness (QED) is 0.183. The van der Waals surface area contributed by atoms with Crippen molar-refractivity contribution in [3.63, 3.8) is 0 Å². The van der Waals surface area contributed by atoms with Crippen molar-refractivity contribution in [3.05, 3.63) is 86.1 Å². The molecule has 0 aliphatic heterocycles. The summed E-state index contributed by atoms with van der Waals surface area (Å²) in [4.78, 5) is 32.4. The topological polar surface area (TPSA) is 110 Å². The maximum absolute atomic E-state index is 12.8. The van der Waals surface area contributed by atoms with Crippen molar-refractivity contribution < 1.29 is 9.53 Å². The van der Waals surface area contributed by atoms with Crippen molar-refractivity contribution in [2.45, 2.75) is 25.7 Å². The highest BCUT2D eigenvalue weighted by Crippen LogP contribution is 2.20. The third-order valence-corrected chi connectivity index (χ3v) is 5.05. The summed E-state index contributed by atoms with van der Waals surface area (Å²) in [6.45, 7) is 2.17. The second-order valence-corrected chi connectivity index (χ2v) is 7.05. The van der Waals surface area contributed by atoms with Crippen LogP contribution in [0.5, 0.6) is 0 Å². The molecule has 0 amide bonds. The third-order valence-electron chi connectivity index (χ3n) is 5.05. The van der Waals surface area contributed by atoms with E-state index in [9.17, 15) is 9.59 Å². The fourth-order valence-corrected chi connectivity index (χ4v) is 3.39. The molecule has 8 nitrogen and oxygen atoms in total. The van der Waals surface area contributed by atoms with Gasteiger partial charge in [-0.05, 0) is 49.1 Å². The van der Waals surface area contributed by atoms with Crippen LogP contribution in [0.15, 0.2) is 58.4 Å². The summed E-state index contributed by atoms with van der Waals surface area (Å²) in [5.74, 6) is -0.735. The van der Waals surface area contributed by atoms with Gasteiger partial charge in [-0.15, -0.1) is 0 Å². The molecular weight excluding hydrogens is 382 g/mol. The van der Waals surface area contributed by atoms with Gasteiger partial charge < -0.3 is 9.30 Å². The first kappa shape index (κ1) is 21.1. The van der Waals surface area contributed by atoms with E-state index in [0.29, 0.717) is 29.6 Å². The molecule has 0 radical (unpaired) electrons. The number of hydrogen-bond donors (Lipinski definition) is 0. The van der Waals surface area contributed by atoms with Crippen LogP contribution < -0.4 is 5.56 Å². The molecule has 1 aromatic heterocycles. The molecule has 0 spiro atoms. The standard InChI is InChI=1S/C22H23N5O3/c1-15-8-3-4-10-17(15)22(29)30-13-7-9-16(14-24-26-23)20-21(28)27(2)19-12-6-5-11-18(19)25-20/h3-6,8,10-12,16H,7,9,13-14H2,1-2H3/t16-/m1/s1. The molecule has 2 aromatic carbocycles. The molecule has 0 aliphatic carbocycles. The molecule has 0 aliphatic rings. The zero-order valence-corrected chi connectivity index (χ0v) is 17.0. The minimum absolute atomic E-state index is 0.114. The zero-order valence-electron chi connectivity index (χ0n) is 17.0. The van der Waals surface area contributed by atoms with E-state index in [-0.39, 0.29) is 30.6 Å². The number of aromatic nitrogens is 2. The number of rotatable bonds is 8. The predicted octanol–water partition coefficient (Wildman–Crippen LogP) is 4.27. The van der Waals surface area contributed by atoms with Crippen LogP contribution in [0.4, 0.5) is 0 Å². The van der Waals surface area contributed by atoms with Gasteiger partial charge >= 0.3 is 5.97 Å². The molecule has 1 heterocycles. The molecule has 0 saturated carbocycles. The monoisotopic (exact) mass is 405 g/mol. The van der Waals surface area contributed by atoms with Crippen LogP contribution in [0, 0.1) is 6.92 Å². The highest BCUT2D eigenvalue weighted by molar-refractivity contribution is 5.90. The average molecular weight is 405 g/mol. The minimum atomic E-state index is -0.376. The lowest BCUT2D eigenvalue weighted by Crippen LogP contribution is -2.26. The summed E-state index contributed by atoms with van der Waals surface area (Å²) in [5.41, 5.74) is 11.7. The average Bonchev–Trinajstić information content (AvgIpc) is 2.76. The summed E-state index contributed by atoms with van der Waals surface area (Å²) in [7, 11) is 1.70. The first-order valence-corrected chi connectivity index (χ1v) is 9.72. The van der Waals surface area contributed by atoms with Crippen LogP contribution in [-0.4, -0.2) is 28.7 Å². The van der Waals surface area contributed by atoms with Crippen LogP contribution in [0.25, 0.3) is 21.5 Å². The minimum Gasteiger partial charge on any atom is -0.462 e. The van der Waals surface area contributed by atoms with Crippen LogP contribution in [0.3, 0.4) is 0 Å². The third kappa shape index (κ3) is 4.67. The number of esters is 1. The Hall–Kier alpha value is -3.64. The lowest BCUT2D eigenvalue weighted by molar-refractivity contribution is 0.0495. The van der Waals surface area contributed by atoms with E-state index in [0.717, 1.165) is 11.1 Å². The number of para-hydroxylation sites is 2. The van der Waals surface area contributed by atoms with Crippen molar-refractivity contribution in [2.24, 2.45) is 12.2 Å². The molecule has 154 valence electrons. The summed E-state index contributed by atoms with van der Waals surface area (Å²) in [6, 6.07) is 14.6. The van der Waals surface area contributed by atoms with Crippen LogP contribution in [0.1, 0.15) is 40.4 Å². The largest absolute Gasteiger partial charge is 0.462 e. The molecule has 8 heteroatoms. The Kier molecular flexibility index (Phi) is 6.83. The van der Waals surface area contributed by atoms with E-state index in [2.05, 4.69) is 15.0 Å². The number of carbonyl (C=O) groups excluding carboxylic acids is 1. The molecule has 0 unspecified atom stereocenters. The van der Waals surface area contributed by atoms with Crippen molar-refractivity contribution in [1.82, 2.24) is 9.55 Å². The molecule has 3 aromatic rings. The maximum atomic E-state index is 12.8. The Bertz CT molecular complexity index is 1160. The van der Waals surface area contributed by atoms with Crippen LogP contribution in [-0.2, 0) is 11.8 Å². The summed E-state index contributed by atoms with van der Waals surface area (Å²) in [5, 5.41) is 3.66. The van der Waals surface area contributed by atoms with Gasteiger partial charge in [0.15, 0.2) is 0 Å². The summed E-state index contributed by atoms with van der Waals surface area (Å²) in [6.07, 6.45) is 1.02. The second-order valence-electron chi connectivity index (χ2n) is 7.05. The van der Waals surface area contributed by atoms with Gasteiger partial charge in [0, 0.05) is 24.4 Å². The van der Waals surface area contributed by atoms with Gasteiger partial charge in [-0.2, -0.15) is 0 Å². The number of aryl methyl sites for hydroxylation is 2.